The van der Waals surface area contributed by atoms with E-state index in [0.717, 1.165) is 16.5 Å². The fourth-order valence-corrected chi connectivity index (χ4v) is 6.27. The number of aromatic nitrogens is 2. The number of nitrogens with zero attached hydrogens (tertiary/aromatic N) is 3. The molecule has 0 aliphatic carbocycles. The van der Waals surface area contributed by atoms with E-state index in [1.54, 1.807) is 56.5 Å². The number of carbonyl (C=O) groups is 3. The lowest BCUT2D eigenvalue weighted by atomic mass is 9.85. The first kappa shape index (κ1) is 32.4. The highest BCUT2D eigenvalue weighted by Gasteiger charge is 2.50. The number of carbonyl (C=O) groups excluding carboxylic acids is 3. The average molecular weight is 656 g/mol. The molecule has 4 aromatic rings. The zero-order chi connectivity index (χ0) is 34.5. The second-order valence-electron chi connectivity index (χ2n) is 12.7. The minimum absolute atomic E-state index is 0.00757. The molecule has 48 heavy (non-hydrogen) atoms. The van der Waals surface area contributed by atoms with Crippen molar-refractivity contribution in [3.05, 3.63) is 96.8 Å². The molecule has 2 aromatic heterocycles. The third-order valence-corrected chi connectivity index (χ3v) is 8.47. The van der Waals surface area contributed by atoms with Crippen molar-refractivity contribution in [3.8, 4) is 17.1 Å². The van der Waals surface area contributed by atoms with E-state index < -0.39 is 39.8 Å². The second kappa shape index (κ2) is 11.9. The van der Waals surface area contributed by atoms with Crippen LogP contribution < -0.4 is 10.3 Å². The van der Waals surface area contributed by atoms with E-state index in [2.05, 4.69) is 0 Å². The van der Waals surface area contributed by atoms with Gasteiger partial charge in [-0.2, -0.15) is 0 Å². The largest absolute Gasteiger partial charge is 0.514 e. The van der Waals surface area contributed by atoms with Crippen LogP contribution in [0.1, 0.15) is 68.9 Å². The number of cyclic esters (lactones) is 1. The molecule has 13 heteroatoms. The number of aryl methyl sites for hydroxylation is 1. The maximum atomic E-state index is 14.0. The monoisotopic (exact) mass is 655 g/mol. The predicted molar refractivity (Wildman–Crippen MR) is 171 cm³/mol. The summed E-state index contributed by atoms with van der Waals surface area (Å²) >= 11 is 0. The van der Waals surface area contributed by atoms with E-state index in [1.165, 1.54) is 24.3 Å². The standard InChI is InChI=1S/C35H33N3O10/c1-6-22-23-15-21(46-33(42)48-34(3,4)5)12-13-27(23)36-30-24(22)17-37-28(30)16-26-25(31(37)40)18-45-32(41)35(26,7-2)47-29(39)14-19-8-10-20(11-9-19)38(43)44/h8-13,15-16H,6-7,14,17-18H2,1-5H3. The maximum Gasteiger partial charge on any atom is 0.514 e. The molecular formula is C35H33N3O10. The van der Waals surface area contributed by atoms with Crippen LogP contribution in [0.4, 0.5) is 10.5 Å². The summed E-state index contributed by atoms with van der Waals surface area (Å²) in [6, 6.07) is 12.2. The van der Waals surface area contributed by atoms with Crippen molar-refractivity contribution in [1.82, 2.24) is 9.55 Å². The molecule has 0 radical (unpaired) electrons. The fraction of sp³-hybridized carbons (Fsp3) is 0.343. The topological polar surface area (TPSA) is 166 Å². The van der Waals surface area contributed by atoms with Gasteiger partial charge in [-0.15, -0.1) is 0 Å². The Balaban J connectivity index is 1.39. The number of pyridine rings is 2. The van der Waals surface area contributed by atoms with Crippen molar-refractivity contribution in [2.45, 2.75) is 78.2 Å². The van der Waals surface area contributed by atoms with Gasteiger partial charge in [-0.05, 0) is 69.0 Å². The van der Waals surface area contributed by atoms with Gasteiger partial charge >= 0.3 is 18.1 Å². The third kappa shape index (κ3) is 5.65. The normalized spacial score (nSPS) is 16.4. The van der Waals surface area contributed by atoms with E-state index in [-0.39, 0.29) is 48.6 Å². The summed E-state index contributed by atoms with van der Waals surface area (Å²) < 4.78 is 23.6. The smallest absolute Gasteiger partial charge is 0.457 e. The minimum atomic E-state index is -1.89. The quantitative estimate of drug-likeness (QED) is 0.0698. The number of benzene rings is 2. The summed E-state index contributed by atoms with van der Waals surface area (Å²) in [5.41, 5.74) is 1.12. The Labute approximate surface area is 274 Å². The summed E-state index contributed by atoms with van der Waals surface area (Å²) in [7, 11) is 0. The SMILES string of the molecule is CCc1c2c(nc3ccc(OC(=O)OC(C)(C)C)cc13)-c1cc3c(c(=O)n1C2)COC(=O)C3(CC)OC(=O)Cc1ccc([N+](=O)[O-])cc1. The Hall–Kier alpha value is -5.59. The number of non-ortho nitro benzene ring substituents is 1. The van der Waals surface area contributed by atoms with Crippen molar-refractivity contribution in [1.29, 1.82) is 0 Å². The summed E-state index contributed by atoms with van der Waals surface area (Å²) in [4.78, 5) is 68.3. The summed E-state index contributed by atoms with van der Waals surface area (Å²) in [5.74, 6) is -1.27. The van der Waals surface area contributed by atoms with Crippen LogP contribution in [0.2, 0.25) is 0 Å². The van der Waals surface area contributed by atoms with E-state index in [0.29, 0.717) is 28.9 Å². The lowest BCUT2D eigenvalue weighted by Gasteiger charge is -2.35. The number of nitro groups is 1. The van der Waals surface area contributed by atoms with Crippen molar-refractivity contribution in [3.63, 3.8) is 0 Å². The predicted octanol–water partition coefficient (Wildman–Crippen LogP) is 5.66. The number of hydrogen-bond acceptors (Lipinski definition) is 11. The number of ether oxygens (including phenoxy) is 4. The number of rotatable bonds is 7. The summed E-state index contributed by atoms with van der Waals surface area (Å²) in [6.07, 6.45) is -0.516. The van der Waals surface area contributed by atoms with Crippen molar-refractivity contribution >= 4 is 34.7 Å². The third-order valence-electron chi connectivity index (χ3n) is 8.47. The Bertz CT molecular complexity index is 2080. The van der Waals surface area contributed by atoms with E-state index in [4.69, 9.17) is 23.9 Å². The van der Waals surface area contributed by atoms with Gasteiger partial charge in [-0.3, -0.25) is 19.7 Å². The number of hydrogen-bond donors (Lipinski definition) is 0. The molecule has 1 unspecified atom stereocenters. The van der Waals surface area contributed by atoms with Crippen LogP contribution in [-0.4, -0.2) is 38.2 Å². The fourth-order valence-electron chi connectivity index (χ4n) is 6.27. The first-order valence-electron chi connectivity index (χ1n) is 15.5. The molecule has 2 aliphatic heterocycles. The van der Waals surface area contributed by atoms with Gasteiger partial charge in [0.05, 0.1) is 40.4 Å². The van der Waals surface area contributed by atoms with Gasteiger partial charge < -0.3 is 23.5 Å². The van der Waals surface area contributed by atoms with Crippen LogP contribution in [0, 0.1) is 10.1 Å². The summed E-state index contributed by atoms with van der Waals surface area (Å²) in [6.45, 7) is 8.80. The molecule has 0 saturated heterocycles. The van der Waals surface area contributed by atoms with Crippen LogP contribution in [0.25, 0.3) is 22.3 Å². The van der Waals surface area contributed by atoms with Gasteiger partial charge in [0, 0.05) is 28.6 Å². The highest BCUT2D eigenvalue weighted by molar-refractivity contribution is 5.91. The first-order chi connectivity index (χ1) is 22.7. The second-order valence-corrected chi connectivity index (χ2v) is 12.7. The van der Waals surface area contributed by atoms with Crippen LogP contribution in [-0.2, 0) is 55.4 Å². The van der Waals surface area contributed by atoms with Crippen LogP contribution >= 0.6 is 0 Å². The molecule has 248 valence electrons. The molecule has 1 atom stereocenters. The van der Waals surface area contributed by atoms with Gasteiger partial charge in [0.2, 0.25) is 5.60 Å². The van der Waals surface area contributed by atoms with Crippen LogP contribution in [0.5, 0.6) is 5.75 Å². The number of esters is 2. The Morgan fingerprint density at radius 1 is 1.06 bits per heavy atom. The Kier molecular flexibility index (Phi) is 8.02. The Morgan fingerprint density at radius 3 is 2.44 bits per heavy atom. The van der Waals surface area contributed by atoms with Crippen molar-refractivity contribution in [2.75, 3.05) is 0 Å². The van der Waals surface area contributed by atoms with Gasteiger partial charge in [0.25, 0.3) is 11.2 Å². The van der Waals surface area contributed by atoms with Crippen LogP contribution in [0.3, 0.4) is 0 Å². The molecule has 0 saturated carbocycles. The molecule has 2 aliphatic rings. The highest BCUT2D eigenvalue weighted by atomic mass is 16.7. The van der Waals surface area contributed by atoms with Crippen molar-refractivity contribution in [2.24, 2.45) is 0 Å². The average Bonchev–Trinajstić information content (AvgIpc) is 3.39. The number of fused-ring (bicyclic) bond motifs is 5. The van der Waals surface area contributed by atoms with Gasteiger partial charge in [-0.1, -0.05) is 26.0 Å². The molecule has 0 amide bonds. The number of nitro benzene ring substituents is 1. The zero-order valence-corrected chi connectivity index (χ0v) is 27.1. The Morgan fingerprint density at radius 2 is 1.79 bits per heavy atom. The van der Waals surface area contributed by atoms with E-state index >= 15 is 0 Å². The van der Waals surface area contributed by atoms with Gasteiger partial charge in [0.15, 0.2) is 0 Å². The molecular weight excluding hydrogens is 622 g/mol. The van der Waals surface area contributed by atoms with Crippen LogP contribution in [0.15, 0.2) is 53.3 Å². The van der Waals surface area contributed by atoms with Gasteiger partial charge in [-0.25, -0.2) is 14.6 Å². The van der Waals surface area contributed by atoms with E-state index in [1.807, 2.05) is 6.92 Å². The van der Waals surface area contributed by atoms with Gasteiger partial charge in [0.1, 0.15) is 18.0 Å². The molecule has 0 spiro atoms. The maximum absolute atomic E-state index is 14.0. The molecule has 6 rings (SSSR count). The molecule has 4 heterocycles. The molecule has 0 N–H and O–H groups in total. The van der Waals surface area contributed by atoms with E-state index in [9.17, 15) is 29.3 Å². The molecule has 2 aromatic carbocycles. The van der Waals surface area contributed by atoms with Crippen molar-refractivity contribution < 1.29 is 38.3 Å². The zero-order valence-electron chi connectivity index (χ0n) is 27.1. The summed E-state index contributed by atoms with van der Waals surface area (Å²) in [5, 5.41) is 11.8. The lowest BCUT2D eigenvalue weighted by Crippen LogP contribution is -2.47. The lowest BCUT2D eigenvalue weighted by molar-refractivity contribution is -0.384. The first-order valence-corrected chi connectivity index (χ1v) is 15.5. The molecule has 0 fully saturated rings. The molecule has 13 nitrogen and oxygen atoms in total. The highest BCUT2D eigenvalue weighted by Crippen LogP contribution is 2.42. The minimum Gasteiger partial charge on any atom is -0.457 e. The molecule has 0 bridgehead atoms.